The fourth-order valence-corrected chi connectivity index (χ4v) is 3.58. The quantitative estimate of drug-likeness (QED) is 0.888. The summed E-state index contributed by atoms with van der Waals surface area (Å²) in [5.74, 6) is 1.98. The average Bonchev–Trinajstić information content (AvgIpc) is 2.39. The Hall–Kier alpha value is -0.180. The van der Waals surface area contributed by atoms with Crippen LogP contribution in [-0.2, 0) is 5.75 Å². The molecule has 0 radical (unpaired) electrons. The zero-order valence-electron chi connectivity index (χ0n) is 10.3. The van der Waals surface area contributed by atoms with Crippen molar-refractivity contribution in [3.8, 4) is 0 Å². The molecule has 1 aromatic rings. The maximum atomic E-state index is 5.88. The maximum absolute atomic E-state index is 5.88. The van der Waals surface area contributed by atoms with Crippen LogP contribution in [-0.4, -0.2) is 18.3 Å². The number of hydrogen-bond acceptors (Lipinski definition) is 2. The van der Waals surface area contributed by atoms with Crippen LogP contribution in [0.5, 0.6) is 0 Å². The molecule has 3 heteroatoms. The van der Waals surface area contributed by atoms with Gasteiger partial charge in [0, 0.05) is 16.0 Å². The minimum Gasteiger partial charge on any atom is -0.317 e. The standard InChI is InChI=1S/C14H20ClNS/c1-11(13-6-8-16-9-7-13)17-10-12-2-4-14(15)5-3-12/h2-5,11,13,16H,6-10H2,1H3. The summed E-state index contributed by atoms with van der Waals surface area (Å²) in [6, 6.07) is 8.22. The predicted molar refractivity (Wildman–Crippen MR) is 77.8 cm³/mol. The van der Waals surface area contributed by atoms with E-state index >= 15 is 0 Å². The Morgan fingerprint density at radius 3 is 2.59 bits per heavy atom. The highest BCUT2D eigenvalue weighted by atomic mass is 35.5. The first-order valence-electron chi connectivity index (χ1n) is 6.32. The molecule has 0 spiro atoms. The first-order chi connectivity index (χ1) is 8.25. The minimum atomic E-state index is 0.757. The highest BCUT2D eigenvalue weighted by molar-refractivity contribution is 7.99. The lowest BCUT2D eigenvalue weighted by molar-refractivity contribution is 0.373. The molecule has 1 nitrogen and oxygen atoms in total. The van der Waals surface area contributed by atoms with Gasteiger partial charge in [-0.25, -0.2) is 0 Å². The zero-order valence-corrected chi connectivity index (χ0v) is 11.9. The van der Waals surface area contributed by atoms with E-state index in [1.54, 1.807) is 0 Å². The Balaban J connectivity index is 1.78. The van der Waals surface area contributed by atoms with Gasteiger partial charge >= 0.3 is 0 Å². The fourth-order valence-electron chi connectivity index (χ4n) is 2.26. The van der Waals surface area contributed by atoms with Crippen molar-refractivity contribution in [2.24, 2.45) is 5.92 Å². The van der Waals surface area contributed by atoms with E-state index in [0.717, 1.165) is 21.9 Å². The van der Waals surface area contributed by atoms with Gasteiger partial charge in [0.15, 0.2) is 0 Å². The van der Waals surface area contributed by atoms with Gasteiger partial charge in [-0.3, -0.25) is 0 Å². The molecule has 1 aliphatic heterocycles. The number of thioether (sulfide) groups is 1. The molecule has 1 heterocycles. The molecule has 1 unspecified atom stereocenters. The van der Waals surface area contributed by atoms with Crippen LogP contribution in [0.1, 0.15) is 25.3 Å². The lowest BCUT2D eigenvalue weighted by Crippen LogP contribution is -2.31. The lowest BCUT2D eigenvalue weighted by atomic mass is 9.95. The van der Waals surface area contributed by atoms with E-state index in [2.05, 4.69) is 36.1 Å². The summed E-state index contributed by atoms with van der Waals surface area (Å²) in [7, 11) is 0. The van der Waals surface area contributed by atoms with E-state index in [-0.39, 0.29) is 0 Å². The topological polar surface area (TPSA) is 12.0 Å². The molecule has 1 N–H and O–H groups in total. The molecule has 1 saturated heterocycles. The summed E-state index contributed by atoms with van der Waals surface area (Å²) in [5.41, 5.74) is 1.38. The summed E-state index contributed by atoms with van der Waals surface area (Å²) >= 11 is 7.95. The van der Waals surface area contributed by atoms with Gasteiger partial charge in [0.25, 0.3) is 0 Å². The van der Waals surface area contributed by atoms with Gasteiger partial charge in [0.1, 0.15) is 0 Å². The van der Waals surface area contributed by atoms with Crippen molar-refractivity contribution < 1.29 is 0 Å². The smallest absolute Gasteiger partial charge is 0.0406 e. The van der Waals surface area contributed by atoms with Crippen LogP contribution in [0.2, 0.25) is 5.02 Å². The number of piperidine rings is 1. The normalized spacial score (nSPS) is 19.2. The molecule has 0 aliphatic carbocycles. The number of rotatable bonds is 4. The van der Waals surface area contributed by atoms with Gasteiger partial charge in [-0.2, -0.15) is 11.8 Å². The second-order valence-electron chi connectivity index (χ2n) is 4.73. The molecule has 17 heavy (non-hydrogen) atoms. The lowest BCUT2D eigenvalue weighted by Gasteiger charge is -2.27. The first kappa shape index (κ1) is 13.3. The van der Waals surface area contributed by atoms with Crippen LogP contribution in [0.3, 0.4) is 0 Å². The molecule has 0 aromatic heterocycles. The SMILES string of the molecule is CC(SCc1ccc(Cl)cc1)C1CCNCC1. The molecule has 0 saturated carbocycles. The molecular weight excluding hydrogens is 250 g/mol. The number of nitrogens with one attached hydrogen (secondary N) is 1. The molecule has 94 valence electrons. The number of hydrogen-bond donors (Lipinski definition) is 1. The van der Waals surface area contributed by atoms with Crippen molar-refractivity contribution in [3.05, 3.63) is 34.9 Å². The Kier molecular flexibility index (Phi) is 5.20. The third-order valence-electron chi connectivity index (χ3n) is 3.47. The second kappa shape index (κ2) is 6.67. The summed E-state index contributed by atoms with van der Waals surface area (Å²) in [6.07, 6.45) is 2.66. The minimum absolute atomic E-state index is 0.757. The summed E-state index contributed by atoms with van der Waals surface area (Å²) < 4.78 is 0. The van der Waals surface area contributed by atoms with Gasteiger partial charge in [-0.1, -0.05) is 30.7 Å². The van der Waals surface area contributed by atoms with Crippen molar-refractivity contribution in [2.45, 2.75) is 30.8 Å². The summed E-state index contributed by atoms with van der Waals surface area (Å²) in [5, 5.41) is 5.01. The van der Waals surface area contributed by atoms with Gasteiger partial charge < -0.3 is 5.32 Å². The largest absolute Gasteiger partial charge is 0.317 e. The van der Waals surface area contributed by atoms with E-state index in [1.807, 2.05) is 12.1 Å². The van der Waals surface area contributed by atoms with Crippen LogP contribution in [0, 0.1) is 5.92 Å². The van der Waals surface area contributed by atoms with Gasteiger partial charge in [0.2, 0.25) is 0 Å². The van der Waals surface area contributed by atoms with Crippen LogP contribution in [0.15, 0.2) is 24.3 Å². The van der Waals surface area contributed by atoms with Crippen molar-refractivity contribution in [2.75, 3.05) is 13.1 Å². The third-order valence-corrected chi connectivity index (χ3v) is 5.14. The zero-order chi connectivity index (χ0) is 12.1. The van der Waals surface area contributed by atoms with Gasteiger partial charge in [-0.15, -0.1) is 0 Å². The molecule has 0 bridgehead atoms. The molecule has 2 rings (SSSR count). The second-order valence-corrected chi connectivity index (χ2v) is 6.53. The van der Waals surface area contributed by atoms with Crippen molar-refractivity contribution >= 4 is 23.4 Å². The third kappa shape index (κ3) is 4.20. The monoisotopic (exact) mass is 269 g/mol. The van der Waals surface area contributed by atoms with Crippen LogP contribution >= 0.6 is 23.4 Å². The van der Waals surface area contributed by atoms with Crippen molar-refractivity contribution in [3.63, 3.8) is 0 Å². The van der Waals surface area contributed by atoms with E-state index in [4.69, 9.17) is 11.6 Å². The van der Waals surface area contributed by atoms with Gasteiger partial charge in [0.05, 0.1) is 0 Å². The first-order valence-corrected chi connectivity index (χ1v) is 7.75. The van der Waals surface area contributed by atoms with E-state index in [9.17, 15) is 0 Å². The Morgan fingerprint density at radius 1 is 1.29 bits per heavy atom. The average molecular weight is 270 g/mol. The predicted octanol–water partition coefficient (Wildman–Crippen LogP) is 3.96. The van der Waals surface area contributed by atoms with Crippen LogP contribution < -0.4 is 5.32 Å². The van der Waals surface area contributed by atoms with Crippen LogP contribution in [0.4, 0.5) is 0 Å². The molecule has 1 atom stereocenters. The molecular formula is C14H20ClNS. The summed E-state index contributed by atoms with van der Waals surface area (Å²) in [6.45, 7) is 4.75. The number of halogens is 1. The van der Waals surface area contributed by atoms with Crippen molar-refractivity contribution in [1.29, 1.82) is 0 Å². The van der Waals surface area contributed by atoms with E-state index < -0.39 is 0 Å². The fraction of sp³-hybridized carbons (Fsp3) is 0.571. The summed E-state index contributed by atoms with van der Waals surface area (Å²) in [4.78, 5) is 0. The van der Waals surface area contributed by atoms with E-state index in [0.29, 0.717) is 0 Å². The van der Waals surface area contributed by atoms with Gasteiger partial charge in [-0.05, 0) is 49.5 Å². The highest BCUT2D eigenvalue weighted by Gasteiger charge is 2.19. The van der Waals surface area contributed by atoms with Crippen molar-refractivity contribution in [1.82, 2.24) is 5.32 Å². The molecule has 1 aliphatic rings. The Labute approximate surface area is 113 Å². The molecule has 1 aromatic carbocycles. The maximum Gasteiger partial charge on any atom is 0.0406 e. The van der Waals surface area contributed by atoms with Crippen LogP contribution in [0.25, 0.3) is 0 Å². The Morgan fingerprint density at radius 2 is 1.94 bits per heavy atom. The highest BCUT2D eigenvalue weighted by Crippen LogP contribution is 2.29. The molecule has 0 amide bonds. The number of benzene rings is 1. The van der Waals surface area contributed by atoms with E-state index in [1.165, 1.54) is 31.5 Å². The Bertz CT molecular complexity index is 333. The molecule has 1 fully saturated rings.